The minimum atomic E-state index is 0. The molecule has 0 atom stereocenters. The van der Waals surface area contributed by atoms with Crippen molar-refractivity contribution in [3.8, 4) is 0 Å². The van der Waals surface area contributed by atoms with Crippen molar-refractivity contribution in [3.63, 3.8) is 0 Å². The smallest absolute Gasteiger partial charge is 0.198 e. The molecule has 0 aliphatic rings. The van der Waals surface area contributed by atoms with Gasteiger partial charge in [0, 0.05) is 22.9 Å². The van der Waals surface area contributed by atoms with Gasteiger partial charge in [-0.1, -0.05) is 36.4 Å². The normalized spacial score (nSPS) is 10.1. The Kier molecular flexibility index (Phi) is 5.85. The Labute approximate surface area is 156 Å². The first-order valence-electron chi connectivity index (χ1n) is 7.18. The van der Waals surface area contributed by atoms with E-state index in [1.54, 1.807) is 0 Å². The molecule has 0 fully saturated rings. The molecule has 2 aromatic carbocycles. The van der Waals surface area contributed by atoms with Gasteiger partial charge in [0.15, 0.2) is 23.8 Å². The molecule has 4 rings (SSSR count). The lowest BCUT2D eigenvalue weighted by Crippen LogP contribution is -3.00. The maximum Gasteiger partial charge on any atom is 0.198 e. The quantitative estimate of drug-likeness (QED) is 0.328. The number of pyridine rings is 2. The van der Waals surface area contributed by atoms with Crippen LogP contribution >= 0.6 is 0 Å². The van der Waals surface area contributed by atoms with E-state index in [1.165, 1.54) is 32.9 Å². The summed E-state index contributed by atoms with van der Waals surface area (Å²) in [5.41, 5.74) is 2.47. The van der Waals surface area contributed by atoms with Crippen LogP contribution in [0.5, 0.6) is 0 Å². The van der Waals surface area contributed by atoms with Crippen LogP contribution in [0.3, 0.4) is 0 Å². The lowest BCUT2D eigenvalue weighted by atomic mass is 10.0. The topological polar surface area (TPSA) is 28.3 Å². The van der Waals surface area contributed by atoms with Crippen LogP contribution in [0, 0.1) is 0 Å². The molecule has 4 heteroatoms. The molecule has 23 heavy (non-hydrogen) atoms. The minimum Gasteiger partial charge on any atom is -1.00 e. The number of aromatic nitrogens is 2. The summed E-state index contributed by atoms with van der Waals surface area (Å²) >= 11 is 0. The molecule has 0 bridgehead atoms. The summed E-state index contributed by atoms with van der Waals surface area (Å²) in [6, 6.07) is 21.2. The van der Waals surface area contributed by atoms with Gasteiger partial charge in [-0.2, -0.15) is 0 Å². The summed E-state index contributed by atoms with van der Waals surface area (Å²) in [5.74, 6) is 0. The predicted octanol–water partition coefficient (Wildman–Crippen LogP) is -2.78. The second kappa shape index (κ2) is 7.66. The summed E-state index contributed by atoms with van der Waals surface area (Å²) in [4.78, 5) is 6.81. The van der Waals surface area contributed by atoms with E-state index in [-0.39, 0.29) is 34.0 Å². The summed E-state index contributed by atoms with van der Waals surface area (Å²) in [6.07, 6.45) is 4.90. The van der Waals surface area contributed by atoms with E-state index >= 15 is 0 Å². The largest absolute Gasteiger partial charge is 1.00 e. The lowest BCUT2D eigenvalue weighted by Gasteiger charge is -2.01. The fourth-order valence-electron chi connectivity index (χ4n) is 2.92. The van der Waals surface area contributed by atoms with Gasteiger partial charge in [-0.05, 0) is 22.9 Å². The standard InChI is InChI=1S/C19H14N2.2BrH/c1-3-7-16-14(5-1)9-11-20-18(16)13-19-17-8-4-2-6-15(17)10-12-21-19;;/h1-12H,13H2;2*1H. The summed E-state index contributed by atoms with van der Waals surface area (Å²) in [7, 11) is 0. The number of benzene rings is 2. The molecular weight excluding hydrogens is 416 g/mol. The van der Waals surface area contributed by atoms with Gasteiger partial charge in [-0.15, -0.1) is 0 Å². The van der Waals surface area contributed by atoms with Crippen LogP contribution in [0.25, 0.3) is 21.5 Å². The lowest BCUT2D eigenvalue weighted by molar-refractivity contribution is -0.404. The van der Waals surface area contributed by atoms with Crippen LogP contribution in [-0.4, -0.2) is 0 Å². The van der Waals surface area contributed by atoms with Crippen molar-refractivity contribution in [3.05, 3.63) is 84.4 Å². The third kappa shape index (κ3) is 3.43. The molecule has 116 valence electrons. The molecule has 2 N–H and O–H groups in total. The average Bonchev–Trinajstić information content (AvgIpc) is 2.56. The SMILES string of the molecule is [Br-].[Br-].c1ccc2c(Cc3[nH+]ccc4ccccc34)[nH+]ccc2c1. The summed E-state index contributed by atoms with van der Waals surface area (Å²) in [5, 5.41) is 5.10. The van der Waals surface area contributed by atoms with E-state index in [0.717, 1.165) is 6.42 Å². The van der Waals surface area contributed by atoms with E-state index in [2.05, 4.69) is 70.6 Å². The fourth-order valence-corrected chi connectivity index (χ4v) is 2.92. The van der Waals surface area contributed by atoms with Crippen molar-refractivity contribution in [2.75, 3.05) is 0 Å². The Bertz CT molecular complexity index is 850. The highest BCUT2D eigenvalue weighted by molar-refractivity contribution is 5.86. The average molecular weight is 432 g/mol. The third-order valence-corrected chi connectivity index (χ3v) is 3.97. The monoisotopic (exact) mass is 430 g/mol. The number of aromatic amines is 2. The number of rotatable bonds is 2. The van der Waals surface area contributed by atoms with Gasteiger partial charge >= 0.3 is 0 Å². The molecule has 2 aromatic heterocycles. The molecule has 0 unspecified atom stereocenters. The van der Waals surface area contributed by atoms with Crippen molar-refractivity contribution in [1.29, 1.82) is 0 Å². The van der Waals surface area contributed by atoms with E-state index in [1.807, 2.05) is 12.4 Å². The van der Waals surface area contributed by atoms with Crippen molar-refractivity contribution in [1.82, 2.24) is 0 Å². The van der Waals surface area contributed by atoms with Gasteiger partial charge in [-0.3, -0.25) is 0 Å². The van der Waals surface area contributed by atoms with E-state index in [0.29, 0.717) is 0 Å². The van der Waals surface area contributed by atoms with E-state index in [9.17, 15) is 0 Å². The highest BCUT2D eigenvalue weighted by Gasteiger charge is 2.15. The molecule has 0 radical (unpaired) electrons. The first-order valence-corrected chi connectivity index (χ1v) is 7.18. The van der Waals surface area contributed by atoms with Crippen molar-refractivity contribution in [2.45, 2.75) is 6.42 Å². The summed E-state index contributed by atoms with van der Waals surface area (Å²) < 4.78 is 0. The highest BCUT2D eigenvalue weighted by Crippen LogP contribution is 2.20. The Morgan fingerprint density at radius 3 is 1.48 bits per heavy atom. The molecule has 2 nitrogen and oxygen atoms in total. The van der Waals surface area contributed by atoms with Crippen LogP contribution in [0.15, 0.2) is 73.1 Å². The molecule has 0 aliphatic heterocycles. The number of fused-ring (bicyclic) bond motifs is 2. The predicted molar refractivity (Wildman–Crippen MR) is 83.8 cm³/mol. The molecule has 0 saturated carbocycles. The maximum atomic E-state index is 3.40. The first kappa shape index (κ1) is 17.6. The second-order valence-corrected chi connectivity index (χ2v) is 5.26. The second-order valence-electron chi connectivity index (χ2n) is 5.26. The van der Waals surface area contributed by atoms with Gasteiger partial charge in [-0.25, -0.2) is 9.97 Å². The van der Waals surface area contributed by atoms with Crippen LogP contribution < -0.4 is 43.9 Å². The Morgan fingerprint density at radius 1 is 0.565 bits per heavy atom. The van der Waals surface area contributed by atoms with Gasteiger partial charge in [0.1, 0.15) is 6.42 Å². The summed E-state index contributed by atoms with van der Waals surface area (Å²) in [6.45, 7) is 0. The van der Waals surface area contributed by atoms with Crippen LogP contribution in [0.4, 0.5) is 0 Å². The number of hydrogen-bond donors (Lipinski definition) is 0. The van der Waals surface area contributed by atoms with Crippen LogP contribution in [0.1, 0.15) is 11.4 Å². The Balaban J connectivity index is 0.000000960. The number of H-pyrrole nitrogens is 2. The zero-order valence-electron chi connectivity index (χ0n) is 12.4. The zero-order chi connectivity index (χ0) is 14.1. The van der Waals surface area contributed by atoms with Crippen LogP contribution in [0.2, 0.25) is 0 Å². The molecule has 0 saturated heterocycles. The van der Waals surface area contributed by atoms with E-state index in [4.69, 9.17) is 0 Å². The molecular formula is C19H16Br2N2. The molecule has 0 amide bonds. The van der Waals surface area contributed by atoms with Crippen molar-refractivity contribution in [2.24, 2.45) is 0 Å². The van der Waals surface area contributed by atoms with Crippen molar-refractivity contribution < 1.29 is 43.9 Å². The van der Waals surface area contributed by atoms with Gasteiger partial charge in [0.05, 0.1) is 0 Å². The number of nitrogens with one attached hydrogen (secondary N) is 2. The Morgan fingerprint density at radius 2 is 1.00 bits per heavy atom. The molecule has 0 spiro atoms. The number of halogens is 2. The van der Waals surface area contributed by atoms with Gasteiger partial charge in [0.2, 0.25) is 0 Å². The molecule has 2 heterocycles. The Hall–Kier alpha value is -1.78. The van der Waals surface area contributed by atoms with Gasteiger partial charge < -0.3 is 34.0 Å². The molecule has 4 aromatic rings. The van der Waals surface area contributed by atoms with E-state index < -0.39 is 0 Å². The highest BCUT2D eigenvalue weighted by atomic mass is 79.9. The maximum absolute atomic E-state index is 3.40. The minimum absolute atomic E-state index is 0. The van der Waals surface area contributed by atoms with Gasteiger partial charge in [0.25, 0.3) is 0 Å². The fraction of sp³-hybridized carbons (Fsp3) is 0.0526. The molecule has 0 aliphatic carbocycles. The van der Waals surface area contributed by atoms with Crippen LogP contribution in [-0.2, 0) is 6.42 Å². The first-order chi connectivity index (χ1) is 10.4. The third-order valence-electron chi connectivity index (χ3n) is 3.97. The zero-order valence-corrected chi connectivity index (χ0v) is 15.6. The number of hydrogen-bond acceptors (Lipinski definition) is 0. The van der Waals surface area contributed by atoms with Crippen molar-refractivity contribution >= 4 is 21.5 Å².